The summed E-state index contributed by atoms with van der Waals surface area (Å²) in [6.45, 7) is 6.20. The van der Waals surface area contributed by atoms with E-state index in [0.717, 1.165) is 22.4 Å². The zero-order chi connectivity index (χ0) is 30.4. The summed E-state index contributed by atoms with van der Waals surface area (Å²) in [6.07, 6.45) is -4.29. The minimum atomic E-state index is -4.54. The number of aliphatic hydroxyl groups is 2. The standard InChI is InChI=1S/C24H33N6O10P/c1-5-37-22(34)17(12-14(2)3)27-41(36,40-16-8-6-15(4)7-9-16)38-13-24(28-29-25)20(33)19(32)21(39-24)30-11-10-18(31)26-23(30)35/h6-11,14,17,19-21,32-33H,5,12-13H2,1-4H3,(H,27,36)(H,26,31,35)/t17-,19+,20-,21+,24+,41?/m0/s1. The molecule has 17 heteroatoms. The fraction of sp³-hybridized carbons (Fsp3) is 0.542. The number of nitrogens with one attached hydrogen (secondary N) is 2. The maximum Gasteiger partial charge on any atom is 0.459 e. The van der Waals surface area contributed by atoms with Crippen molar-refractivity contribution in [1.82, 2.24) is 14.6 Å². The van der Waals surface area contributed by atoms with Gasteiger partial charge in [-0.15, -0.1) is 0 Å². The number of carbonyl (C=O) groups is 1. The highest BCUT2D eigenvalue weighted by atomic mass is 31.2. The molecule has 1 aliphatic rings. The third-order valence-corrected chi connectivity index (χ3v) is 7.57. The third kappa shape index (κ3) is 7.83. The lowest BCUT2D eigenvalue weighted by molar-refractivity contribution is -0.145. The monoisotopic (exact) mass is 596 g/mol. The number of aromatic nitrogens is 2. The van der Waals surface area contributed by atoms with Gasteiger partial charge in [0, 0.05) is 17.2 Å². The lowest BCUT2D eigenvalue weighted by Crippen LogP contribution is -2.46. The van der Waals surface area contributed by atoms with Crippen LogP contribution in [0.25, 0.3) is 10.4 Å². The summed E-state index contributed by atoms with van der Waals surface area (Å²) in [5.41, 5.74) is 6.01. The van der Waals surface area contributed by atoms with Crippen LogP contribution in [0.2, 0.25) is 0 Å². The molecule has 1 unspecified atom stereocenters. The van der Waals surface area contributed by atoms with Crippen molar-refractivity contribution in [3.05, 3.63) is 73.4 Å². The largest absolute Gasteiger partial charge is 0.465 e. The predicted molar refractivity (Wildman–Crippen MR) is 144 cm³/mol. The summed E-state index contributed by atoms with van der Waals surface area (Å²) >= 11 is 0. The number of ether oxygens (including phenoxy) is 2. The van der Waals surface area contributed by atoms with Crippen molar-refractivity contribution in [3.63, 3.8) is 0 Å². The number of azide groups is 1. The molecule has 224 valence electrons. The van der Waals surface area contributed by atoms with E-state index in [9.17, 15) is 34.7 Å². The van der Waals surface area contributed by atoms with Crippen LogP contribution in [0.5, 0.6) is 5.75 Å². The molecule has 2 aromatic rings. The molecule has 0 amide bonds. The average molecular weight is 597 g/mol. The van der Waals surface area contributed by atoms with Crippen LogP contribution in [-0.4, -0.2) is 62.9 Å². The second kappa shape index (κ2) is 13.4. The Hall–Kier alpha value is -3.49. The third-order valence-electron chi connectivity index (χ3n) is 6.02. The second-order valence-corrected chi connectivity index (χ2v) is 11.4. The van der Waals surface area contributed by atoms with Gasteiger partial charge in [-0.2, -0.15) is 5.09 Å². The Labute approximate surface area is 234 Å². The van der Waals surface area contributed by atoms with Crippen molar-refractivity contribution in [1.29, 1.82) is 0 Å². The van der Waals surface area contributed by atoms with Crippen LogP contribution in [0.4, 0.5) is 0 Å². The van der Waals surface area contributed by atoms with Crippen LogP contribution in [0.15, 0.2) is 51.2 Å². The Bertz CT molecular complexity index is 1420. The number of carbonyl (C=O) groups excluding carboxylic acids is 1. The van der Waals surface area contributed by atoms with Crippen molar-refractivity contribution in [2.45, 2.75) is 64.3 Å². The molecule has 0 saturated carbocycles. The molecule has 41 heavy (non-hydrogen) atoms. The number of benzene rings is 1. The van der Waals surface area contributed by atoms with Crippen LogP contribution in [0.3, 0.4) is 0 Å². The fourth-order valence-electron chi connectivity index (χ4n) is 4.04. The van der Waals surface area contributed by atoms with E-state index in [1.165, 1.54) is 12.1 Å². The molecule has 1 saturated heterocycles. The number of aromatic amines is 1. The lowest BCUT2D eigenvalue weighted by atomic mass is 10.1. The van der Waals surface area contributed by atoms with Gasteiger partial charge in [-0.3, -0.25) is 23.7 Å². The average Bonchev–Trinajstić information content (AvgIpc) is 3.14. The highest BCUT2D eigenvalue weighted by Gasteiger charge is 2.56. The van der Waals surface area contributed by atoms with E-state index in [2.05, 4.69) is 15.1 Å². The number of aliphatic hydroxyl groups excluding tert-OH is 2. The van der Waals surface area contributed by atoms with Gasteiger partial charge in [-0.1, -0.05) is 36.7 Å². The number of esters is 1. The molecule has 1 aromatic heterocycles. The minimum Gasteiger partial charge on any atom is -0.465 e. The van der Waals surface area contributed by atoms with Crippen LogP contribution in [-0.2, 0) is 23.4 Å². The van der Waals surface area contributed by atoms with Gasteiger partial charge >= 0.3 is 19.4 Å². The molecular formula is C24H33N6O10P. The topological polar surface area (TPSA) is 227 Å². The van der Waals surface area contributed by atoms with E-state index in [4.69, 9.17) is 18.5 Å². The molecule has 0 radical (unpaired) electrons. The van der Waals surface area contributed by atoms with Crippen molar-refractivity contribution < 1.29 is 38.1 Å². The number of aryl methyl sites for hydroxylation is 1. The molecule has 1 fully saturated rings. The van der Waals surface area contributed by atoms with Crippen LogP contribution >= 0.6 is 7.75 Å². The van der Waals surface area contributed by atoms with Crippen molar-refractivity contribution in [3.8, 4) is 5.75 Å². The number of hydrogen-bond acceptors (Lipinski definition) is 11. The summed E-state index contributed by atoms with van der Waals surface area (Å²) in [7, 11) is -4.54. The molecule has 4 N–H and O–H groups in total. The van der Waals surface area contributed by atoms with Gasteiger partial charge in [0.2, 0.25) is 5.72 Å². The Balaban J connectivity index is 1.97. The Morgan fingerprint density at radius 2 is 1.98 bits per heavy atom. The Morgan fingerprint density at radius 1 is 1.29 bits per heavy atom. The van der Waals surface area contributed by atoms with Gasteiger partial charge < -0.3 is 24.2 Å². The van der Waals surface area contributed by atoms with Crippen LogP contribution in [0.1, 0.15) is 39.0 Å². The molecule has 0 bridgehead atoms. The van der Waals surface area contributed by atoms with Gasteiger partial charge in [0.25, 0.3) is 5.56 Å². The predicted octanol–water partition coefficient (Wildman–Crippen LogP) is 1.87. The van der Waals surface area contributed by atoms with E-state index in [0.29, 0.717) is 0 Å². The molecular weight excluding hydrogens is 563 g/mol. The van der Waals surface area contributed by atoms with E-state index >= 15 is 0 Å². The van der Waals surface area contributed by atoms with Crippen LogP contribution < -0.4 is 20.9 Å². The first-order chi connectivity index (χ1) is 19.3. The molecule has 6 atom stereocenters. The summed E-state index contributed by atoms with van der Waals surface area (Å²) in [5, 5.41) is 27.6. The number of hydrogen-bond donors (Lipinski definition) is 4. The Morgan fingerprint density at radius 3 is 2.56 bits per heavy atom. The van der Waals surface area contributed by atoms with E-state index in [-0.39, 0.29) is 24.7 Å². The molecule has 2 heterocycles. The first-order valence-corrected chi connectivity index (χ1v) is 14.2. The highest BCUT2D eigenvalue weighted by Crippen LogP contribution is 2.48. The highest BCUT2D eigenvalue weighted by molar-refractivity contribution is 7.52. The molecule has 1 aromatic carbocycles. The first-order valence-electron chi connectivity index (χ1n) is 12.7. The lowest BCUT2D eigenvalue weighted by Gasteiger charge is -2.30. The summed E-state index contributed by atoms with van der Waals surface area (Å²) in [4.78, 5) is 41.1. The van der Waals surface area contributed by atoms with Gasteiger partial charge in [0.05, 0.1) is 13.2 Å². The van der Waals surface area contributed by atoms with Gasteiger partial charge in [-0.05, 0) is 43.9 Å². The minimum absolute atomic E-state index is 0.0502. The number of rotatable bonds is 13. The SMILES string of the molecule is CCOC(=O)[C@H](CC(C)C)NP(=O)(OC[C@@]1(N=[N+]=[N-])O[C@@H](n2ccc(=O)[nH]c2=O)[C@H](O)[C@@H]1O)Oc1ccc(C)cc1. The molecule has 16 nitrogen and oxygen atoms in total. The molecule has 0 aliphatic carbocycles. The van der Waals surface area contributed by atoms with Gasteiger partial charge in [0.15, 0.2) is 6.23 Å². The van der Waals surface area contributed by atoms with Gasteiger partial charge in [-0.25, -0.2) is 9.36 Å². The molecule has 0 spiro atoms. The quantitative estimate of drug-likeness (QED) is 0.0858. The summed E-state index contributed by atoms with van der Waals surface area (Å²) < 4.78 is 36.9. The normalized spacial score (nSPS) is 24.3. The number of nitrogens with zero attached hydrogens (tertiary/aromatic N) is 4. The van der Waals surface area contributed by atoms with E-state index in [1.807, 2.05) is 25.8 Å². The van der Waals surface area contributed by atoms with E-state index in [1.54, 1.807) is 19.1 Å². The van der Waals surface area contributed by atoms with E-state index < -0.39 is 61.8 Å². The summed E-state index contributed by atoms with van der Waals surface area (Å²) in [5.74, 6) is -0.667. The van der Waals surface area contributed by atoms with Crippen molar-refractivity contribution in [2.24, 2.45) is 11.0 Å². The van der Waals surface area contributed by atoms with Crippen molar-refractivity contribution in [2.75, 3.05) is 13.2 Å². The Kier molecular flexibility index (Phi) is 10.5. The zero-order valence-corrected chi connectivity index (χ0v) is 23.8. The zero-order valence-electron chi connectivity index (χ0n) is 22.9. The molecule has 3 rings (SSSR count). The van der Waals surface area contributed by atoms with Crippen LogP contribution in [0, 0.1) is 12.8 Å². The smallest absolute Gasteiger partial charge is 0.459 e. The maximum atomic E-state index is 14.1. The maximum absolute atomic E-state index is 14.1. The summed E-state index contributed by atoms with van der Waals surface area (Å²) in [6, 6.07) is 6.23. The van der Waals surface area contributed by atoms with Crippen molar-refractivity contribution >= 4 is 13.7 Å². The second-order valence-electron chi connectivity index (χ2n) is 9.73. The fourth-order valence-corrected chi connectivity index (χ4v) is 5.57. The van der Waals surface area contributed by atoms with Gasteiger partial charge in [0.1, 0.15) is 24.0 Å². The first kappa shape index (κ1) is 32.0. The molecule has 1 aliphatic heterocycles. The number of H-pyrrole nitrogens is 1.